The summed E-state index contributed by atoms with van der Waals surface area (Å²) in [5.41, 5.74) is 1.47. The summed E-state index contributed by atoms with van der Waals surface area (Å²) in [7, 11) is 0. The van der Waals surface area contributed by atoms with Gasteiger partial charge in [0.05, 0.1) is 6.61 Å². The van der Waals surface area contributed by atoms with Crippen molar-refractivity contribution in [2.45, 2.75) is 32.1 Å². The third kappa shape index (κ3) is 11.3. The van der Waals surface area contributed by atoms with E-state index < -0.39 is 0 Å². The van der Waals surface area contributed by atoms with Crippen LogP contribution in [0, 0.1) is 0 Å². The number of hydrogen-bond acceptors (Lipinski definition) is 4. The van der Waals surface area contributed by atoms with Gasteiger partial charge >= 0.3 is 18.0 Å². The van der Waals surface area contributed by atoms with Crippen LogP contribution >= 0.6 is 0 Å². The molecule has 0 heterocycles. The van der Waals surface area contributed by atoms with Crippen molar-refractivity contribution in [3.63, 3.8) is 0 Å². The minimum atomic E-state index is -0.288. The molecular formula is C23H30N4O4. The van der Waals surface area contributed by atoms with E-state index in [2.05, 4.69) is 21.3 Å². The molecule has 0 fully saturated rings. The van der Waals surface area contributed by atoms with Gasteiger partial charge in [-0.15, -0.1) is 0 Å². The van der Waals surface area contributed by atoms with Crippen LogP contribution in [0.3, 0.4) is 0 Å². The fourth-order valence-corrected chi connectivity index (χ4v) is 2.70. The Kier molecular flexibility index (Phi) is 11.0. The van der Waals surface area contributed by atoms with Crippen LogP contribution in [0.15, 0.2) is 60.7 Å². The summed E-state index contributed by atoms with van der Waals surface area (Å²) < 4.78 is 5.16. The van der Waals surface area contributed by atoms with Gasteiger partial charge in [0.1, 0.15) is 0 Å². The number of carbonyl (C=O) groups excluding carboxylic acids is 3. The maximum Gasteiger partial charge on any atom is 0.319 e. The standard InChI is InChI=1S/C23H30N4O4/c28-21(31-18-10-17-25-23(30)27-20-13-6-2-7-14-20)15-8-3-9-16-24-22(29)26-19-11-4-1-5-12-19/h1-2,4-7,11-14H,3,8-10,15-18H2,(H2,24,26,29)(H2,25,27,30). The Hall–Kier alpha value is -3.55. The van der Waals surface area contributed by atoms with Crippen LogP contribution < -0.4 is 21.3 Å². The first-order chi connectivity index (χ1) is 15.1. The maximum atomic E-state index is 11.7. The average Bonchev–Trinajstić information content (AvgIpc) is 2.77. The molecule has 8 nitrogen and oxygen atoms in total. The number of anilines is 2. The molecule has 0 spiro atoms. The molecule has 0 saturated heterocycles. The van der Waals surface area contributed by atoms with Crippen molar-refractivity contribution in [3.8, 4) is 0 Å². The number of ether oxygens (including phenoxy) is 1. The van der Waals surface area contributed by atoms with Crippen molar-refractivity contribution in [2.75, 3.05) is 30.3 Å². The molecule has 166 valence electrons. The van der Waals surface area contributed by atoms with Gasteiger partial charge < -0.3 is 26.0 Å². The van der Waals surface area contributed by atoms with Crippen molar-refractivity contribution in [1.82, 2.24) is 10.6 Å². The Morgan fingerprint density at radius 3 is 1.71 bits per heavy atom. The Balaban J connectivity index is 1.39. The van der Waals surface area contributed by atoms with Crippen molar-refractivity contribution in [3.05, 3.63) is 60.7 Å². The summed E-state index contributed by atoms with van der Waals surface area (Å²) in [5, 5.41) is 11.0. The van der Waals surface area contributed by atoms with E-state index in [4.69, 9.17) is 4.74 Å². The van der Waals surface area contributed by atoms with E-state index in [1.807, 2.05) is 48.5 Å². The minimum absolute atomic E-state index is 0.239. The van der Waals surface area contributed by atoms with Gasteiger partial charge in [-0.1, -0.05) is 42.8 Å². The molecule has 0 radical (unpaired) electrons. The largest absolute Gasteiger partial charge is 0.466 e. The summed E-state index contributed by atoms with van der Waals surface area (Å²) in [6.07, 6.45) is 3.21. The zero-order valence-corrected chi connectivity index (χ0v) is 17.6. The second-order valence-corrected chi connectivity index (χ2v) is 6.88. The molecule has 2 aromatic rings. The van der Waals surface area contributed by atoms with Gasteiger partial charge in [0.25, 0.3) is 0 Å². The van der Waals surface area contributed by atoms with E-state index in [9.17, 15) is 14.4 Å². The fourth-order valence-electron chi connectivity index (χ4n) is 2.70. The summed E-state index contributed by atoms with van der Waals surface area (Å²) in [5.74, 6) is -0.247. The Labute approximate surface area is 182 Å². The number of benzene rings is 2. The highest BCUT2D eigenvalue weighted by atomic mass is 16.5. The van der Waals surface area contributed by atoms with Crippen LogP contribution in [0.4, 0.5) is 21.0 Å². The third-order valence-corrected chi connectivity index (χ3v) is 4.28. The Morgan fingerprint density at radius 1 is 0.645 bits per heavy atom. The molecule has 8 heteroatoms. The summed E-state index contributed by atoms with van der Waals surface area (Å²) in [4.78, 5) is 35.2. The molecule has 2 aromatic carbocycles. The van der Waals surface area contributed by atoms with E-state index in [0.29, 0.717) is 32.4 Å². The first-order valence-electron chi connectivity index (χ1n) is 10.5. The zero-order chi connectivity index (χ0) is 22.2. The van der Waals surface area contributed by atoms with Crippen molar-refractivity contribution >= 4 is 29.4 Å². The molecule has 4 amide bonds. The van der Waals surface area contributed by atoms with Crippen LogP contribution in [0.5, 0.6) is 0 Å². The smallest absolute Gasteiger partial charge is 0.319 e. The molecule has 0 atom stereocenters. The topological polar surface area (TPSA) is 109 Å². The van der Waals surface area contributed by atoms with E-state index >= 15 is 0 Å². The zero-order valence-electron chi connectivity index (χ0n) is 17.6. The molecule has 4 N–H and O–H groups in total. The first-order valence-corrected chi connectivity index (χ1v) is 10.5. The molecule has 0 aromatic heterocycles. The lowest BCUT2D eigenvalue weighted by Crippen LogP contribution is -2.30. The number of rotatable bonds is 12. The van der Waals surface area contributed by atoms with Gasteiger partial charge in [-0.2, -0.15) is 0 Å². The fraction of sp³-hybridized carbons (Fsp3) is 0.348. The molecule has 0 saturated carbocycles. The molecule has 0 unspecified atom stereocenters. The predicted molar refractivity (Wildman–Crippen MR) is 121 cm³/mol. The van der Waals surface area contributed by atoms with Crippen molar-refractivity contribution < 1.29 is 19.1 Å². The SMILES string of the molecule is O=C(NCCCCCC(=O)OCCCNC(=O)Nc1ccccc1)Nc1ccccc1. The lowest BCUT2D eigenvalue weighted by atomic mass is 10.2. The number of para-hydroxylation sites is 2. The second-order valence-electron chi connectivity index (χ2n) is 6.88. The number of unbranched alkanes of at least 4 members (excludes halogenated alkanes) is 2. The number of nitrogens with one attached hydrogen (secondary N) is 4. The summed E-state index contributed by atoms with van der Waals surface area (Å²) in [6.45, 7) is 1.23. The number of carbonyl (C=O) groups is 3. The van der Waals surface area contributed by atoms with E-state index in [1.54, 1.807) is 12.1 Å². The second kappa shape index (κ2) is 14.4. The molecular weight excluding hydrogens is 396 g/mol. The number of hydrogen-bond donors (Lipinski definition) is 4. The van der Waals surface area contributed by atoms with Crippen LogP contribution in [0.1, 0.15) is 32.1 Å². The average molecular weight is 427 g/mol. The Morgan fingerprint density at radius 2 is 1.16 bits per heavy atom. The quantitative estimate of drug-likeness (QED) is 0.302. The molecule has 0 aliphatic heterocycles. The third-order valence-electron chi connectivity index (χ3n) is 4.28. The van der Waals surface area contributed by atoms with Gasteiger partial charge in [0.2, 0.25) is 0 Å². The molecule has 31 heavy (non-hydrogen) atoms. The van der Waals surface area contributed by atoms with E-state index in [0.717, 1.165) is 24.2 Å². The normalized spacial score (nSPS) is 10.1. The monoisotopic (exact) mass is 426 g/mol. The lowest BCUT2D eigenvalue weighted by Gasteiger charge is -2.08. The highest BCUT2D eigenvalue weighted by molar-refractivity contribution is 5.89. The van der Waals surface area contributed by atoms with Gasteiger partial charge in [-0.05, 0) is 43.5 Å². The highest BCUT2D eigenvalue weighted by Crippen LogP contribution is 2.05. The first kappa shape index (κ1) is 23.7. The van der Waals surface area contributed by atoms with Gasteiger partial charge in [0.15, 0.2) is 0 Å². The molecule has 2 rings (SSSR count). The van der Waals surface area contributed by atoms with E-state index in [1.165, 1.54) is 0 Å². The van der Waals surface area contributed by atoms with Crippen LogP contribution in [-0.4, -0.2) is 37.7 Å². The highest BCUT2D eigenvalue weighted by Gasteiger charge is 2.04. The van der Waals surface area contributed by atoms with Crippen molar-refractivity contribution in [2.24, 2.45) is 0 Å². The number of esters is 1. The molecule has 0 aliphatic rings. The summed E-state index contributed by atoms with van der Waals surface area (Å²) >= 11 is 0. The maximum absolute atomic E-state index is 11.7. The van der Waals surface area contributed by atoms with Crippen molar-refractivity contribution in [1.29, 1.82) is 0 Å². The van der Waals surface area contributed by atoms with Crippen LogP contribution in [0.25, 0.3) is 0 Å². The lowest BCUT2D eigenvalue weighted by molar-refractivity contribution is -0.143. The predicted octanol–water partition coefficient (Wildman–Crippen LogP) is 4.12. The molecule has 0 aliphatic carbocycles. The van der Waals surface area contributed by atoms with Crippen LogP contribution in [0.2, 0.25) is 0 Å². The Bertz CT molecular complexity index is 800. The van der Waals surface area contributed by atoms with Gasteiger partial charge in [-0.3, -0.25) is 4.79 Å². The number of amides is 4. The number of urea groups is 2. The van der Waals surface area contributed by atoms with Gasteiger partial charge in [0, 0.05) is 30.9 Å². The van der Waals surface area contributed by atoms with Gasteiger partial charge in [-0.25, -0.2) is 9.59 Å². The minimum Gasteiger partial charge on any atom is -0.466 e. The van der Waals surface area contributed by atoms with Crippen LogP contribution in [-0.2, 0) is 9.53 Å². The van der Waals surface area contributed by atoms with E-state index in [-0.39, 0.29) is 24.6 Å². The molecule has 0 bridgehead atoms. The summed E-state index contributed by atoms with van der Waals surface area (Å²) in [6, 6.07) is 17.9.